The van der Waals surface area contributed by atoms with Gasteiger partial charge in [0, 0.05) is 27.5 Å². The van der Waals surface area contributed by atoms with Gasteiger partial charge in [-0.3, -0.25) is 0 Å². The van der Waals surface area contributed by atoms with Crippen LogP contribution in [0.2, 0.25) is 0 Å². The lowest BCUT2D eigenvalue weighted by molar-refractivity contribution is 0.183. The van der Waals surface area contributed by atoms with Crippen LogP contribution in [-0.2, 0) is 4.74 Å². The Morgan fingerprint density at radius 1 is 1.38 bits per heavy atom. The first-order valence-electron chi connectivity index (χ1n) is 5.47. The molecule has 2 rings (SSSR count). The van der Waals surface area contributed by atoms with Crippen LogP contribution in [0.3, 0.4) is 0 Å². The Hall–Kier alpha value is -0.0600. The Morgan fingerprint density at radius 2 is 2.06 bits per heavy atom. The van der Waals surface area contributed by atoms with E-state index in [1.165, 1.54) is 0 Å². The van der Waals surface area contributed by atoms with Crippen LogP contribution in [0.15, 0.2) is 27.1 Å². The number of halogens is 2. The van der Waals surface area contributed by atoms with Gasteiger partial charge in [0.1, 0.15) is 0 Å². The number of nitrogens with one attached hydrogen (secondary N) is 1. The molecule has 2 unspecified atom stereocenters. The van der Waals surface area contributed by atoms with Crippen molar-refractivity contribution in [2.45, 2.75) is 19.4 Å². The van der Waals surface area contributed by atoms with E-state index in [1.54, 1.807) is 0 Å². The second kappa shape index (κ2) is 5.52. The SMILES string of the molecule is CC(Nc1c(Br)cccc1Br)C1CCOC1. The highest BCUT2D eigenvalue weighted by Gasteiger charge is 2.23. The molecule has 1 N–H and O–H groups in total. The van der Waals surface area contributed by atoms with Crippen LogP contribution < -0.4 is 5.32 Å². The minimum atomic E-state index is 0.428. The third-order valence-electron chi connectivity index (χ3n) is 3.01. The van der Waals surface area contributed by atoms with E-state index in [2.05, 4.69) is 44.1 Å². The van der Waals surface area contributed by atoms with E-state index in [9.17, 15) is 0 Å². The van der Waals surface area contributed by atoms with Crippen molar-refractivity contribution in [1.82, 2.24) is 0 Å². The second-order valence-corrected chi connectivity index (χ2v) is 5.86. The van der Waals surface area contributed by atoms with Crippen LogP contribution in [0, 0.1) is 5.92 Å². The van der Waals surface area contributed by atoms with Gasteiger partial charge in [0.2, 0.25) is 0 Å². The van der Waals surface area contributed by atoms with Crippen LogP contribution in [0.25, 0.3) is 0 Å². The van der Waals surface area contributed by atoms with E-state index in [0.717, 1.165) is 34.3 Å². The second-order valence-electron chi connectivity index (χ2n) is 4.15. The summed E-state index contributed by atoms with van der Waals surface area (Å²) in [6.45, 7) is 3.98. The summed E-state index contributed by atoms with van der Waals surface area (Å²) < 4.78 is 7.59. The molecule has 2 atom stereocenters. The van der Waals surface area contributed by atoms with Crippen molar-refractivity contribution in [2.75, 3.05) is 18.5 Å². The van der Waals surface area contributed by atoms with E-state index in [-0.39, 0.29) is 0 Å². The minimum absolute atomic E-state index is 0.428. The Labute approximate surface area is 113 Å². The average molecular weight is 349 g/mol. The molecule has 2 nitrogen and oxygen atoms in total. The lowest BCUT2D eigenvalue weighted by Crippen LogP contribution is -2.26. The van der Waals surface area contributed by atoms with Crippen molar-refractivity contribution >= 4 is 37.5 Å². The molecule has 0 saturated carbocycles. The van der Waals surface area contributed by atoms with Crippen molar-refractivity contribution < 1.29 is 4.74 Å². The topological polar surface area (TPSA) is 21.3 Å². The van der Waals surface area contributed by atoms with Gasteiger partial charge in [-0.05, 0) is 57.3 Å². The first-order chi connectivity index (χ1) is 7.68. The molecule has 88 valence electrons. The molecule has 4 heteroatoms. The monoisotopic (exact) mass is 347 g/mol. The van der Waals surface area contributed by atoms with Crippen molar-refractivity contribution in [2.24, 2.45) is 5.92 Å². The third kappa shape index (κ3) is 2.79. The van der Waals surface area contributed by atoms with Gasteiger partial charge in [-0.25, -0.2) is 0 Å². The highest BCUT2D eigenvalue weighted by Crippen LogP contribution is 2.32. The highest BCUT2D eigenvalue weighted by atomic mass is 79.9. The van der Waals surface area contributed by atoms with Crippen LogP contribution in [0.5, 0.6) is 0 Å². The van der Waals surface area contributed by atoms with E-state index in [0.29, 0.717) is 12.0 Å². The van der Waals surface area contributed by atoms with E-state index in [1.807, 2.05) is 18.2 Å². The average Bonchev–Trinajstić information content (AvgIpc) is 2.76. The van der Waals surface area contributed by atoms with Crippen molar-refractivity contribution in [3.8, 4) is 0 Å². The van der Waals surface area contributed by atoms with Gasteiger partial charge in [-0.2, -0.15) is 0 Å². The van der Waals surface area contributed by atoms with Crippen molar-refractivity contribution in [3.05, 3.63) is 27.1 Å². The summed E-state index contributed by atoms with van der Waals surface area (Å²) in [5.74, 6) is 0.610. The Morgan fingerprint density at radius 3 is 2.62 bits per heavy atom. The normalized spacial score (nSPS) is 22.1. The fourth-order valence-corrected chi connectivity index (χ4v) is 3.16. The maximum atomic E-state index is 5.41. The number of para-hydroxylation sites is 1. The van der Waals surface area contributed by atoms with Crippen LogP contribution in [0.1, 0.15) is 13.3 Å². The molecule has 1 heterocycles. The van der Waals surface area contributed by atoms with Gasteiger partial charge < -0.3 is 10.1 Å². The fraction of sp³-hybridized carbons (Fsp3) is 0.500. The predicted molar refractivity (Wildman–Crippen MR) is 73.9 cm³/mol. The maximum Gasteiger partial charge on any atom is 0.0631 e. The van der Waals surface area contributed by atoms with Crippen LogP contribution >= 0.6 is 31.9 Å². The first kappa shape index (κ1) is 12.4. The largest absolute Gasteiger partial charge is 0.381 e. The predicted octanol–water partition coefficient (Wildman–Crippen LogP) is 4.05. The molecule has 0 spiro atoms. The first-order valence-corrected chi connectivity index (χ1v) is 7.05. The molecule has 1 aromatic rings. The Kier molecular flexibility index (Phi) is 4.27. The molecular weight excluding hydrogens is 334 g/mol. The van der Waals surface area contributed by atoms with Crippen LogP contribution in [0.4, 0.5) is 5.69 Å². The van der Waals surface area contributed by atoms with E-state index in [4.69, 9.17) is 4.74 Å². The van der Waals surface area contributed by atoms with Gasteiger partial charge in [-0.15, -0.1) is 0 Å². The summed E-state index contributed by atoms with van der Waals surface area (Å²) in [6, 6.07) is 6.54. The van der Waals surface area contributed by atoms with Gasteiger partial charge in [0.15, 0.2) is 0 Å². The van der Waals surface area contributed by atoms with Crippen molar-refractivity contribution in [3.63, 3.8) is 0 Å². The molecule has 1 saturated heterocycles. The number of ether oxygens (including phenoxy) is 1. The molecule has 0 bridgehead atoms. The Bertz CT molecular complexity index is 344. The summed E-state index contributed by atoms with van der Waals surface area (Å²) >= 11 is 7.12. The van der Waals surface area contributed by atoms with Gasteiger partial charge >= 0.3 is 0 Å². The number of benzene rings is 1. The van der Waals surface area contributed by atoms with Crippen molar-refractivity contribution in [1.29, 1.82) is 0 Å². The smallest absolute Gasteiger partial charge is 0.0631 e. The number of anilines is 1. The zero-order chi connectivity index (χ0) is 11.5. The molecule has 16 heavy (non-hydrogen) atoms. The third-order valence-corrected chi connectivity index (χ3v) is 4.33. The van der Waals surface area contributed by atoms with Gasteiger partial charge in [-0.1, -0.05) is 6.07 Å². The zero-order valence-corrected chi connectivity index (χ0v) is 12.3. The van der Waals surface area contributed by atoms with Gasteiger partial charge in [0.05, 0.1) is 12.3 Å². The molecular formula is C12H15Br2NO. The standard InChI is InChI=1S/C12H15Br2NO/c1-8(9-5-6-16-7-9)15-12-10(13)3-2-4-11(12)14/h2-4,8-9,15H,5-7H2,1H3. The molecule has 0 aliphatic carbocycles. The van der Waals surface area contributed by atoms with Crippen LogP contribution in [-0.4, -0.2) is 19.3 Å². The Balaban J connectivity index is 2.07. The minimum Gasteiger partial charge on any atom is -0.381 e. The lowest BCUT2D eigenvalue weighted by atomic mass is 10.0. The molecule has 0 aromatic heterocycles. The lowest BCUT2D eigenvalue weighted by Gasteiger charge is -2.22. The van der Waals surface area contributed by atoms with E-state index >= 15 is 0 Å². The number of hydrogen-bond donors (Lipinski definition) is 1. The van der Waals surface area contributed by atoms with E-state index < -0.39 is 0 Å². The molecule has 0 amide bonds. The molecule has 1 aliphatic heterocycles. The summed E-state index contributed by atoms with van der Waals surface area (Å²) in [6.07, 6.45) is 1.15. The summed E-state index contributed by atoms with van der Waals surface area (Å²) in [5, 5.41) is 3.55. The highest BCUT2D eigenvalue weighted by molar-refractivity contribution is 9.11. The molecule has 0 radical (unpaired) electrons. The summed E-state index contributed by atoms with van der Waals surface area (Å²) in [4.78, 5) is 0. The molecule has 1 aromatic carbocycles. The molecule has 1 aliphatic rings. The number of hydrogen-bond acceptors (Lipinski definition) is 2. The van der Waals surface area contributed by atoms with Gasteiger partial charge in [0.25, 0.3) is 0 Å². The quantitative estimate of drug-likeness (QED) is 0.889. The summed E-state index contributed by atoms with van der Waals surface area (Å²) in [5.41, 5.74) is 1.13. The zero-order valence-electron chi connectivity index (χ0n) is 9.17. The summed E-state index contributed by atoms with van der Waals surface area (Å²) in [7, 11) is 0. The number of rotatable bonds is 3. The maximum absolute atomic E-state index is 5.41. The fourth-order valence-electron chi connectivity index (χ4n) is 1.93. The molecule has 1 fully saturated rings.